The van der Waals surface area contributed by atoms with E-state index in [9.17, 15) is 0 Å². The van der Waals surface area contributed by atoms with Crippen molar-refractivity contribution in [1.29, 1.82) is 0 Å². The summed E-state index contributed by atoms with van der Waals surface area (Å²) in [5, 5.41) is 0. The van der Waals surface area contributed by atoms with Gasteiger partial charge in [-0.25, -0.2) is 0 Å². The Balaban J connectivity index is 1.88. The maximum Gasteiger partial charge on any atom is 0.0666 e. The summed E-state index contributed by atoms with van der Waals surface area (Å²) in [5.41, 5.74) is 0. The van der Waals surface area contributed by atoms with Gasteiger partial charge in [-0.15, -0.1) is 0 Å². The van der Waals surface area contributed by atoms with E-state index < -0.39 is 0 Å². The zero-order valence-corrected chi connectivity index (χ0v) is 10.8. The van der Waals surface area contributed by atoms with Gasteiger partial charge >= 0.3 is 0 Å². The van der Waals surface area contributed by atoms with Crippen molar-refractivity contribution < 1.29 is 4.74 Å². The van der Waals surface area contributed by atoms with E-state index in [1.54, 1.807) is 0 Å². The SMILES string of the molecule is CC(CCS)CCSCC1CCCO1. The van der Waals surface area contributed by atoms with Crippen LogP contribution in [-0.2, 0) is 4.74 Å². The van der Waals surface area contributed by atoms with Gasteiger partial charge in [0, 0.05) is 12.4 Å². The standard InChI is InChI=1S/C11H22OS2/c1-10(4-7-13)5-8-14-9-11-3-2-6-12-11/h10-11,13H,2-9H2,1H3. The second-order valence-corrected chi connectivity index (χ2v) is 5.71. The van der Waals surface area contributed by atoms with E-state index in [4.69, 9.17) is 4.74 Å². The predicted octanol–water partition coefficient (Wildman–Crippen LogP) is 3.24. The number of ether oxygens (including phenoxy) is 1. The summed E-state index contributed by atoms with van der Waals surface area (Å²) < 4.78 is 5.57. The molecule has 0 aromatic heterocycles. The number of hydrogen-bond acceptors (Lipinski definition) is 3. The highest BCUT2D eigenvalue weighted by molar-refractivity contribution is 7.99. The number of thiol groups is 1. The number of thioether (sulfide) groups is 1. The summed E-state index contributed by atoms with van der Waals surface area (Å²) >= 11 is 6.30. The first kappa shape index (κ1) is 12.7. The molecule has 0 aromatic rings. The number of hydrogen-bond donors (Lipinski definition) is 1. The van der Waals surface area contributed by atoms with E-state index in [1.807, 2.05) is 0 Å². The molecule has 0 radical (unpaired) electrons. The minimum Gasteiger partial charge on any atom is -0.377 e. The third-order valence-corrected chi connectivity index (χ3v) is 4.09. The molecule has 0 spiro atoms. The second kappa shape index (κ2) is 7.89. The van der Waals surface area contributed by atoms with Gasteiger partial charge in [0.15, 0.2) is 0 Å². The molecule has 1 heterocycles. The van der Waals surface area contributed by atoms with Gasteiger partial charge in [0.25, 0.3) is 0 Å². The quantitative estimate of drug-likeness (QED) is 0.535. The predicted molar refractivity (Wildman–Crippen MR) is 68.6 cm³/mol. The van der Waals surface area contributed by atoms with E-state index in [-0.39, 0.29) is 0 Å². The molecule has 0 saturated carbocycles. The smallest absolute Gasteiger partial charge is 0.0666 e. The van der Waals surface area contributed by atoms with E-state index >= 15 is 0 Å². The molecule has 1 aliphatic rings. The van der Waals surface area contributed by atoms with Crippen molar-refractivity contribution in [2.24, 2.45) is 5.92 Å². The van der Waals surface area contributed by atoms with Crippen molar-refractivity contribution in [3.8, 4) is 0 Å². The van der Waals surface area contributed by atoms with Gasteiger partial charge in [-0.3, -0.25) is 0 Å². The van der Waals surface area contributed by atoms with Crippen LogP contribution in [0.3, 0.4) is 0 Å². The van der Waals surface area contributed by atoms with Gasteiger partial charge < -0.3 is 4.74 Å². The van der Waals surface area contributed by atoms with Gasteiger partial charge in [0.05, 0.1) is 6.10 Å². The van der Waals surface area contributed by atoms with Gasteiger partial charge in [-0.1, -0.05) is 6.92 Å². The van der Waals surface area contributed by atoms with Crippen molar-refractivity contribution in [3.05, 3.63) is 0 Å². The Kier molecular flexibility index (Phi) is 7.17. The minimum absolute atomic E-state index is 0.556. The summed E-state index contributed by atoms with van der Waals surface area (Å²) in [5.74, 6) is 4.35. The van der Waals surface area contributed by atoms with Gasteiger partial charge in [-0.05, 0) is 43.1 Å². The lowest BCUT2D eigenvalue weighted by Gasteiger charge is -2.11. The van der Waals surface area contributed by atoms with Crippen LogP contribution < -0.4 is 0 Å². The fourth-order valence-corrected chi connectivity index (χ4v) is 3.34. The van der Waals surface area contributed by atoms with Gasteiger partial charge in [-0.2, -0.15) is 24.4 Å². The maximum atomic E-state index is 5.57. The largest absolute Gasteiger partial charge is 0.377 e. The van der Waals surface area contributed by atoms with E-state index in [1.165, 1.54) is 37.2 Å². The van der Waals surface area contributed by atoms with Crippen LogP contribution in [-0.4, -0.2) is 30.0 Å². The highest BCUT2D eigenvalue weighted by atomic mass is 32.2. The Labute approximate surface area is 97.8 Å². The Morgan fingerprint density at radius 3 is 3.00 bits per heavy atom. The highest BCUT2D eigenvalue weighted by Gasteiger charge is 2.14. The van der Waals surface area contributed by atoms with Gasteiger partial charge in [0.2, 0.25) is 0 Å². The van der Waals surface area contributed by atoms with Crippen molar-refractivity contribution >= 4 is 24.4 Å². The zero-order chi connectivity index (χ0) is 10.2. The molecular weight excluding hydrogens is 212 g/mol. The first-order valence-electron chi connectivity index (χ1n) is 5.63. The molecule has 2 atom stereocenters. The molecule has 1 rings (SSSR count). The Hall–Kier alpha value is 0.660. The summed E-state index contributed by atoms with van der Waals surface area (Å²) in [6.45, 7) is 3.31. The van der Waals surface area contributed by atoms with Gasteiger partial charge in [0.1, 0.15) is 0 Å². The van der Waals surface area contributed by atoms with Crippen LogP contribution in [0.25, 0.3) is 0 Å². The molecule has 3 heteroatoms. The Bertz CT molecular complexity index is 135. The van der Waals surface area contributed by atoms with E-state index in [0.29, 0.717) is 6.10 Å². The lowest BCUT2D eigenvalue weighted by atomic mass is 10.1. The fourth-order valence-electron chi connectivity index (χ4n) is 1.64. The Morgan fingerprint density at radius 2 is 2.36 bits per heavy atom. The molecule has 14 heavy (non-hydrogen) atoms. The monoisotopic (exact) mass is 234 g/mol. The van der Waals surface area contributed by atoms with Crippen LogP contribution in [0, 0.1) is 5.92 Å². The minimum atomic E-state index is 0.556. The highest BCUT2D eigenvalue weighted by Crippen LogP contribution is 2.19. The van der Waals surface area contributed by atoms with Crippen LogP contribution >= 0.6 is 24.4 Å². The summed E-state index contributed by atoms with van der Waals surface area (Å²) in [4.78, 5) is 0. The van der Waals surface area contributed by atoms with Crippen molar-refractivity contribution in [3.63, 3.8) is 0 Å². The second-order valence-electron chi connectivity index (χ2n) is 4.12. The molecule has 0 aromatic carbocycles. The molecule has 84 valence electrons. The first-order chi connectivity index (χ1) is 6.83. The summed E-state index contributed by atoms with van der Waals surface area (Å²) in [6, 6.07) is 0. The summed E-state index contributed by atoms with van der Waals surface area (Å²) in [7, 11) is 0. The molecule has 1 aliphatic heterocycles. The van der Waals surface area contributed by atoms with Crippen LogP contribution in [0.2, 0.25) is 0 Å². The van der Waals surface area contributed by atoms with Crippen LogP contribution in [0.15, 0.2) is 0 Å². The van der Waals surface area contributed by atoms with Crippen LogP contribution in [0.1, 0.15) is 32.6 Å². The lowest BCUT2D eigenvalue weighted by molar-refractivity contribution is 0.129. The molecule has 1 saturated heterocycles. The zero-order valence-electron chi connectivity index (χ0n) is 9.08. The lowest BCUT2D eigenvalue weighted by Crippen LogP contribution is -2.09. The van der Waals surface area contributed by atoms with E-state index in [2.05, 4.69) is 31.3 Å². The fraction of sp³-hybridized carbons (Fsp3) is 1.00. The number of rotatable bonds is 7. The molecule has 2 unspecified atom stereocenters. The molecule has 0 N–H and O–H groups in total. The molecule has 0 amide bonds. The average Bonchev–Trinajstić information content (AvgIpc) is 2.65. The topological polar surface area (TPSA) is 9.23 Å². The van der Waals surface area contributed by atoms with E-state index in [0.717, 1.165) is 18.3 Å². The van der Waals surface area contributed by atoms with Crippen LogP contribution in [0.4, 0.5) is 0 Å². The average molecular weight is 234 g/mol. The summed E-state index contributed by atoms with van der Waals surface area (Å²) in [6.07, 6.45) is 5.68. The third kappa shape index (κ3) is 5.52. The normalized spacial score (nSPS) is 24.0. The third-order valence-electron chi connectivity index (χ3n) is 2.70. The molecule has 0 bridgehead atoms. The molecule has 1 nitrogen and oxygen atoms in total. The first-order valence-corrected chi connectivity index (χ1v) is 7.42. The molecular formula is C11H22OS2. The molecule has 1 fully saturated rings. The van der Waals surface area contributed by atoms with Crippen molar-refractivity contribution in [1.82, 2.24) is 0 Å². The Morgan fingerprint density at radius 1 is 1.50 bits per heavy atom. The van der Waals surface area contributed by atoms with Crippen molar-refractivity contribution in [2.45, 2.75) is 38.7 Å². The molecule has 0 aliphatic carbocycles. The van der Waals surface area contributed by atoms with Crippen molar-refractivity contribution in [2.75, 3.05) is 23.9 Å². The maximum absolute atomic E-state index is 5.57. The van der Waals surface area contributed by atoms with Crippen LogP contribution in [0.5, 0.6) is 0 Å².